The molecule has 0 bridgehead atoms. The number of aliphatic hydroxyl groups excluding tert-OH is 1. The maximum atomic E-state index is 16.9. The number of aromatic nitrogens is 1. The number of morpholine rings is 1. The van der Waals surface area contributed by atoms with E-state index in [0.717, 1.165) is 52.0 Å². The Kier molecular flexibility index (Phi) is 12.7. The van der Waals surface area contributed by atoms with Crippen LogP contribution in [0.4, 0.5) is 15.6 Å². The molecule has 6 aromatic carbocycles. The molecule has 7 aromatic rings. The van der Waals surface area contributed by atoms with E-state index in [1.165, 1.54) is 11.3 Å². The number of allylic oxidation sites excluding steroid dienone is 2. The first kappa shape index (κ1) is 46.5. The molecule has 3 N–H and O–H groups in total. The summed E-state index contributed by atoms with van der Waals surface area (Å²) in [5.41, 5.74) is 3.44. The summed E-state index contributed by atoms with van der Waals surface area (Å²) in [5, 5.41) is 16.6. The number of benzene rings is 6. The Labute approximate surface area is 421 Å². The van der Waals surface area contributed by atoms with Crippen LogP contribution in [0.5, 0.6) is 5.75 Å². The lowest BCUT2D eigenvalue weighted by atomic mass is 9.65. The van der Waals surface area contributed by atoms with E-state index in [1.54, 1.807) is 24.3 Å². The third-order valence-corrected chi connectivity index (χ3v) is 15.3. The third kappa shape index (κ3) is 8.21. The van der Waals surface area contributed by atoms with Crippen LogP contribution in [0.1, 0.15) is 90.2 Å². The summed E-state index contributed by atoms with van der Waals surface area (Å²) in [6, 6.07) is 43.8. The van der Waals surface area contributed by atoms with Gasteiger partial charge in [-0.3, -0.25) is 19.3 Å². The van der Waals surface area contributed by atoms with Crippen molar-refractivity contribution >= 4 is 56.2 Å². The van der Waals surface area contributed by atoms with Crippen molar-refractivity contribution in [2.75, 3.05) is 23.4 Å². The van der Waals surface area contributed by atoms with Crippen LogP contribution in [-0.2, 0) is 24.5 Å². The minimum Gasteiger partial charge on any atom is -0.491 e. The highest BCUT2D eigenvalue weighted by Gasteiger charge is 2.76. The molecule has 1 aromatic heterocycles. The van der Waals surface area contributed by atoms with E-state index in [9.17, 15) is 5.11 Å². The second kappa shape index (κ2) is 19.7. The van der Waals surface area contributed by atoms with Crippen molar-refractivity contribution in [3.63, 3.8) is 0 Å². The maximum absolute atomic E-state index is 16.9. The Morgan fingerprint density at radius 3 is 2.29 bits per heavy atom. The Morgan fingerprint density at radius 1 is 0.847 bits per heavy atom. The normalized spacial score (nSPS) is 22.8. The van der Waals surface area contributed by atoms with Gasteiger partial charge in [0.1, 0.15) is 29.9 Å². The predicted octanol–water partition coefficient (Wildman–Crippen LogP) is 10.3. The van der Waals surface area contributed by atoms with Crippen molar-refractivity contribution in [1.29, 1.82) is 0 Å². The summed E-state index contributed by atoms with van der Waals surface area (Å²) in [6.45, 7) is 1.44. The monoisotopic (exact) mass is 973 g/mol. The molecule has 72 heavy (non-hydrogen) atoms. The number of nitrogens with zero attached hydrogens (tertiary/aromatic N) is 3. The number of fused-ring (bicyclic) bond motifs is 4. The fraction of sp³-hybridized carbons (Fsp3) is 0.237. The van der Waals surface area contributed by atoms with Crippen molar-refractivity contribution in [3.8, 4) is 17.6 Å². The number of esters is 1. The van der Waals surface area contributed by atoms with Crippen LogP contribution in [0.2, 0.25) is 0 Å². The van der Waals surface area contributed by atoms with E-state index < -0.39 is 65.4 Å². The minimum atomic E-state index is -2.08. The summed E-state index contributed by atoms with van der Waals surface area (Å²) in [7, 11) is 0. The number of nitrogens with one attached hydrogen (secondary N) is 2. The summed E-state index contributed by atoms with van der Waals surface area (Å²) >= 11 is 1.27. The highest BCUT2D eigenvalue weighted by molar-refractivity contribution is 7.22. The van der Waals surface area contributed by atoms with Crippen molar-refractivity contribution < 1.29 is 33.8 Å². The van der Waals surface area contributed by atoms with Gasteiger partial charge in [-0.1, -0.05) is 151 Å². The molecule has 13 heteroatoms. The molecule has 12 nitrogen and oxygen atoms in total. The quantitative estimate of drug-likeness (QED) is 0.0899. The molecule has 0 radical (unpaired) electrons. The number of hydrogen-bond acceptors (Lipinski definition) is 10. The zero-order valence-corrected chi connectivity index (χ0v) is 40.3. The molecule has 2 fully saturated rings. The Morgan fingerprint density at radius 2 is 1.56 bits per heavy atom. The molecule has 360 valence electrons. The average molecular weight is 974 g/mol. The minimum absolute atomic E-state index is 0.0928. The van der Waals surface area contributed by atoms with E-state index in [1.807, 2.05) is 145 Å². The lowest BCUT2D eigenvalue weighted by molar-refractivity contribution is -0.177. The van der Waals surface area contributed by atoms with Gasteiger partial charge in [-0.2, -0.15) is 0 Å². The third-order valence-electron chi connectivity index (χ3n) is 14.3. The van der Waals surface area contributed by atoms with Gasteiger partial charge in [-0.15, -0.1) is 0 Å². The smallest absolute Gasteiger partial charge is 0.329 e. The SMILES string of the molecule is C[C@@H](NC(=O)N1C(=O)[C@@]2(c3cc(C#CC4=CCCCC4)ccc31)[C@H](c1ccccc1OCCO)N1[C@H](c3ccccc3)[C@H](c3ccccc3)OC(=O)[C@H]1[C@@H]2C(=O)Nc1nc2ccccc2s1)c1ccccc1. The van der Waals surface area contributed by atoms with E-state index in [-0.39, 0.29) is 24.0 Å². The molecule has 2 saturated heterocycles. The predicted molar refractivity (Wildman–Crippen MR) is 276 cm³/mol. The number of hydrogen-bond donors (Lipinski definition) is 3. The van der Waals surface area contributed by atoms with Crippen LogP contribution in [-0.4, -0.2) is 58.1 Å². The van der Waals surface area contributed by atoms with Gasteiger partial charge in [0.15, 0.2) is 5.13 Å². The van der Waals surface area contributed by atoms with Crippen molar-refractivity contribution in [1.82, 2.24) is 15.2 Å². The molecule has 11 rings (SSSR count). The molecule has 1 aliphatic carbocycles. The number of carbonyl (C=O) groups is 4. The molecule has 7 atom stereocenters. The number of anilines is 2. The van der Waals surface area contributed by atoms with Crippen molar-refractivity contribution in [2.24, 2.45) is 5.92 Å². The number of rotatable bonds is 10. The molecule has 3 aliphatic heterocycles. The summed E-state index contributed by atoms with van der Waals surface area (Å²) in [6.07, 6.45) is 5.12. The van der Waals surface area contributed by atoms with E-state index in [2.05, 4.69) is 28.6 Å². The van der Waals surface area contributed by atoms with Gasteiger partial charge >= 0.3 is 12.0 Å². The second-order valence-corrected chi connectivity index (χ2v) is 19.6. The van der Waals surface area contributed by atoms with Gasteiger partial charge in [0.25, 0.3) is 0 Å². The molecule has 0 unspecified atom stereocenters. The van der Waals surface area contributed by atoms with Crippen LogP contribution in [0.3, 0.4) is 0 Å². The van der Waals surface area contributed by atoms with Crippen molar-refractivity contribution in [2.45, 2.75) is 68.3 Å². The average Bonchev–Trinajstić information content (AvgIpc) is 4.06. The van der Waals surface area contributed by atoms with Crippen LogP contribution in [0.25, 0.3) is 10.2 Å². The first-order valence-corrected chi connectivity index (χ1v) is 25.2. The summed E-state index contributed by atoms with van der Waals surface area (Å²) in [4.78, 5) is 71.8. The Balaban J connectivity index is 1.21. The van der Waals surface area contributed by atoms with Gasteiger partial charge in [-0.05, 0) is 96.8 Å². The van der Waals surface area contributed by atoms with E-state index in [4.69, 9.17) is 14.5 Å². The van der Waals surface area contributed by atoms with Crippen molar-refractivity contribution in [3.05, 3.63) is 203 Å². The molecule has 0 saturated carbocycles. The number of ether oxygens (including phenoxy) is 2. The fourth-order valence-corrected chi connectivity index (χ4v) is 12.1. The zero-order valence-electron chi connectivity index (χ0n) is 39.4. The largest absolute Gasteiger partial charge is 0.491 e. The lowest BCUT2D eigenvalue weighted by Crippen LogP contribution is -2.55. The second-order valence-electron chi connectivity index (χ2n) is 18.5. The number of imide groups is 1. The standard InChI is InChI=1S/C59H51N5O7S/c1-37(40-20-8-3-9-21-40)60-58(69)63-46-33-32-39(31-30-38-18-6-2-7-19-38)36-44(46)59(56(63)68)49(54(66)62-57-61-45-27-15-17-29-48(45)72-57)51-55(67)71-52(42-24-12-5-13-25-42)50(41-22-10-4-11-23-41)64(51)53(59)43-26-14-16-28-47(43)70-35-34-65/h3-5,8-18,20-29,32-33,36-37,49-53,65H,2,6-7,19,34-35H2,1H3,(H,60,69)(H,61,62,66)/t37-,49-,50-,51-,52+,53+,59-/m1/s1. The maximum Gasteiger partial charge on any atom is 0.329 e. The number of para-hydroxylation sites is 2. The number of amides is 4. The van der Waals surface area contributed by atoms with Gasteiger partial charge in [0, 0.05) is 11.1 Å². The molecular weight excluding hydrogens is 923 g/mol. The van der Waals surface area contributed by atoms with Gasteiger partial charge < -0.3 is 25.2 Å². The molecule has 4 amide bonds. The number of carbonyl (C=O) groups excluding carboxylic acids is 4. The van der Waals surface area contributed by atoms with E-state index in [0.29, 0.717) is 33.5 Å². The first-order chi connectivity index (χ1) is 35.3. The first-order valence-electron chi connectivity index (χ1n) is 24.4. The van der Waals surface area contributed by atoms with Gasteiger partial charge in [0.2, 0.25) is 11.8 Å². The molecule has 4 heterocycles. The molecular formula is C59H51N5O7S. The van der Waals surface area contributed by atoms with Crippen LogP contribution >= 0.6 is 11.3 Å². The number of cyclic esters (lactones) is 1. The van der Waals surface area contributed by atoms with Gasteiger partial charge in [0.05, 0.1) is 46.6 Å². The zero-order chi connectivity index (χ0) is 49.3. The molecule has 1 spiro atoms. The van der Waals surface area contributed by atoms with Gasteiger partial charge in [-0.25, -0.2) is 14.7 Å². The van der Waals surface area contributed by atoms with Crippen LogP contribution in [0.15, 0.2) is 169 Å². The highest BCUT2D eigenvalue weighted by Crippen LogP contribution is 2.67. The highest BCUT2D eigenvalue weighted by atomic mass is 32.1. The number of thiazole rings is 1. The van der Waals surface area contributed by atoms with Crippen LogP contribution in [0, 0.1) is 17.8 Å². The molecule has 4 aliphatic rings. The number of aliphatic hydroxyl groups is 1. The fourth-order valence-electron chi connectivity index (χ4n) is 11.2. The van der Waals surface area contributed by atoms with Crippen LogP contribution < -0.4 is 20.3 Å². The Hall–Kier alpha value is -7.89. The summed E-state index contributed by atoms with van der Waals surface area (Å²) < 4.78 is 13.9. The Bertz CT molecular complexity index is 3270. The topological polar surface area (TPSA) is 150 Å². The number of urea groups is 1. The van der Waals surface area contributed by atoms with E-state index >= 15 is 19.2 Å². The summed E-state index contributed by atoms with van der Waals surface area (Å²) in [5.74, 6) is 3.37. The lowest BCUT2D eigenvalue weighted by Gasteiger charge is -2.46.